The van der Waals surface area contributed by atoms with E-state index in [0.29, 0.717) is 0 Å². The summed E-state index contributed by atoms with van der Waals surface area (Å²) in [5.41, 5.74) is -1.04. The highest BCUT2D eigenvalue weighted by atomic mass is 16.6. The number of carbonyl (C=O) groups excluding carboxylic acids is 2. The molecular formula is C13H22O7. The molecule has 7 nitrogen and oxygen atoms in total. The Kier molecular flexibility index (Phi) is 5.50. The minimum absolute atomic E-state index is 0.0331. The van der Waals surface area contributed by atoms with Gasteiger partial charge in [0.15, 0.2) is 12.2 Å². The Bertz CT molecular complexity index is 334. The van der Waals surface area contributed by atoms with Gasteiger partial charge in [0.1, 0.15) is 12.2 Å². The molecule has 0 saturated carbocycles. The van der Waals surface area contributed by atoms with Crippen molar-refractivity contribution in [3.05, 3.63) is 0 Å². The van der Waals surface area contributed by atoms with E-state index in [2.05, 4.69) is 0 Å². The van der Waals surface area contributed by atoms with Crippen LogP contribution in [0.5, 0.6) is 0 Å². The average Bonchev–Trinajstić information content (AvgIpc) is 2.32. The number of esters is 2. The second-order valence-electron chi connectivity index (χ2n) is 5.54. The first kappa shape index (κ1) is 16.9. The lowest BCUT2D eigenvalue weighted by molar-refractivity contribution is -0.206. The van der Waals surface area contributed by atoms with E-state index in [0.717, 1.165) is 0 Å². The molecule has 7 heteroatoms. The van der Waals surface area contributed by atoms with Crippen LogP contribution >= 0.6 is 0 Å². The third kappa shape index (κ3) is 3.91. The maximum atomic E-state index is 11.0. The van der Waals surface area contributed by atoms with Crippen molar-refractivity contribution >= 4 is 11.9 Å². The Morgan fingerprint density at radius 1 is 1.00 bits per heavy atom. The number of carbonyl (C=O) groups is 2. The predicted octanol–water partition coefficient (Wildman–Crippen LogP) is -0.372. The van der Waals surface area contributed by atoms with Crippen molar-refractivity contribution < 1.29 is 34.0 Å². The van der Waals surface area contributed by atoms with Gasteiger partial charge in [-0.3, -0.25) is 9.59 Å². The van der Waals surface area contributed by atoms with E-state index in [-0.39, 0.29) is 13.2 Å². The van der Waals surface area contributed by atoms with Crippen molar-refractivity contribution in [1.82, 2.24) is 0 Å². The lowest BCUT2D eigenvalue weighted by atomic mass is 9.76. The van der Waals surface area contributed by atoms with Crippen LogP contribution in [0.3, 0.4) is 0 Å². The quantitative estimate of drug-likeness (QED) is 0.669. The van der Waals surface area contributed by atoms with E-state index >= 15 is 0 Å². The van der Waals surface area contributed by atoms with Gasteiger partial charge in [-0.2, -0.15) is 0 Å². The third-order valence-electron chi connectivity index (χ3n) is 3.43. The maximum Gasteiger partial charge on any atom is 0.303 e. The molecule has 1 heterocycles. The Morgan fingerprint density at radius 2 is 1.35 bits per heavy atom. The van der Waals surface area contributed by atoms with Crippen LogP contribution in [-0.2, 0) is 23.8 Å². The van der Waals surface area contributed by atoms with Gasteiger partial charge in [-0.1, -0.05) is 13.8 Å². The van der Waals surface area contributed by atoms with Crippen LogP contribution in [0.15, 0.2) is 0 Å². The molecule has 20 heavy (non-hydrogen) atoms. The van der Waals surface area contributed by atoms with Gasteiger partial charge in [0.2, 0.25) is 0 Å². The summed E-state index contributed by atoms with van der Waals surface area (Å²) < 4.78 is 15.3. The molecule has 1 aliphatic heterocycles. The van der Waals surface area contributed by atoms with Crippen molar-refractivity contribution in [2.45, 2.75) is 52.1 Å². The van der Waals surface area contributed by atoms with Crippen molar-refractivity contribution in [1.29, 1.82) is 0 Å². The molecule has 0 aliphatic carbocycles. The standard InChI is InChI=1S/C13H22O7/c1-7(14)19-9-5-18-6-10(20-8(2)15)12(17)13(3,4)11(9)16/h9-12,16-17H,5-6H2,1-4H3. The van der Waals surface area contributed by atoms with Crippen LogP contribution in [0.1, 0.15) is 27.7 Å². The highest BCUT2D eigenvalue weighted by molar-refractivity contribution is 5.66. The van der Waals surface area contributed by atoms with Crippen LogP contribution < -0.4 is 0 Å². The van der Waals surface area contributed by atoms with Gasteiger partial charge in [-0.15, -0.1) is 0 Å². The highest BCUT2D eigenvalue weighted by Gasteiger charge is 2.47. The molecule has 116 valence electrons. The van der Waals surface area contributed by atoms with Gasteiger partial charge in [-0.25, -0.2) is 0 Å². The summed E-state index contributed by atoms with van der Waals surface area (Å²) in [5, 5.41) is 20.6. The van der Waals surface area contributed by atoms with Crippen LogP contribution in [0.4, 0.5) is 0 Å². The molecule has 4 atom stereocenters. The monoisotopic (exact) mass is 290 g/mol. The molecule has 0 aromatic carbocycles. The molecule has 2 N–H and O–H groups in total. The fraction of sp³-hybridized carbons (Fsp3) is 0.846. The molecule has 1 saturated heterocycles. The number of aliphatic hydroxyl groups excluding tert-OH is 2. The smallest absolute Gasteiger partial charge is 0.303 e. The number of rotatable bonds is 2. The van der Waals surface area contributed by atoms with Gasteiger partial charge < -0.3 is 24.4 Å². The SMILES string of the molecule is CC(=O)OC1COCC(OC(C)=O)C(O)C(C)(C)C1O. The molecule has 1 rings (SSSR count). The van der Waals surface area contributed by atoms with E-state index < -0.39 is 41.8 Å². The summed E-state index contributed by atoms with van der Waals surface area (Å²) in [7, 11) is 0. The normalized spacial score (nSPS) is 33.7. The van der Waals surface area contributed by atoms with Gasteiger partial charge in [0.05, 0.1) is 13.2 Å². The first-order chi connectivity index (χ1) is 9.16. The third-order valence-corrected chi connectivity index (χ3v) is 3.43. The van der Waals surface area contributed by atoms with E-state index in [1.54, 1.807) is 13.8 Å². The second kappa shape index (κ2) is 6.51. The molecule has 4 unspecified atom stereocenters. The lowest BCUT2D eigenvalue weighted by Gasteiger charge is -2.43. The molecule has 0 amide bonds. The fourth-order valence-electron chi connectivity index (χ4n) is 2.24. The van der Waals surface area contributed by atoms with Crippen molar-refractivity contribution in [2.24, 2.45) is 5.41 Å². The van der Waals surface area contributed by atoms with E-state index in [1.807, 2.05) is 0 Å². The summed E-state index contributed by atoms with van der Waals surface area (Å²) in [6, 6.07) is 0. The topological polar surface area (TPSA) is 102 Å². The zero-order valence-electron chi connectivity index (χ0n) is 12.2. The zero-order chi connectivity index (χ0) is 15.5. The summed E-state index contributed by atoms with van der Waals surface area (Å²) >= 11 is 0. The molecule has 0 spiro atoms. The molecule has 0 aromatic heterocycles. The van der Waals surface area contributed by atoms with Gasteiger partial charge >= 0.3 is 11.9 Å². The lowest BCUT2D eigenvalue weighted by Crippen LogP contribution is -2.57. The summed E-state index contributed by atoms with van der Waals surface area (Å²) in [6.07, 6.45) is -4.06. The van der Waals surface area contributed by atoms with E-state index in [4.69, 9.17) is 14.2 Å². The number of hydrogen-bond donors (Lipinski definition) is 2. The molecule has 0 aromatic rings. The highest BCUT2D eigenvalue weighted by Crippen LogP contribution is 2.33. The molecular weight excluding hydrogens is 268 g/mol. The first-order valence-electron chi connectivity index (χ1n) is 6.44. The minimum atomic E-state index is -1.15. The van der Waals surface area contributed by atoms with Crippen LogP contribution in [0, 0.1) is 5.41 Å². The first-order valence-corrected chi connectivity index (χ1v) is 6.44. The molecule has 0 radical (unpaired) electrons. The Balaban J connectivity index is 2.92. The average molecular weight is 290 g/mol. The molecule has 1 fully saturated rings. The summed E-state index contributed by atoms with van der Waals surface area (Å²) in [6.45, 7) is 5.62. The Hall–Kier alpha value is -1.18. The summed E-state index contributed by atoms with van der Waals surface area (Å²) in [4.78, 5) is 22.1. The number of hydrogen-bond acceptors (Lipinski definition) is 7. The Labute approximate surface area is 117 Å². The van der Waals surface area contributed by atoms with Crippen molar-refractivity contribution in [3.8, 4) is 0 Å². The molecule has 1 aliphatic rings. The summed E-state index contributed by atoms with van der Waals surface area (Å²) in [5.74, 6) is -1.08. The molecule has 0 bridgehead atoms. The predicted molar refractivity (Wildman–Crippen MR) is 67.7 cm³/mol. The van der Waals surface area contributed by atoms with Crippen LogP contribution in [0.2, 0.25) is 0 Å². The van der Waals surface area contributed by atoms with Crippen molar-refractivity contribution in [2.75, 3.05) is 13.2 Å². The van der Waals surface area contributed by atoms with E-state index in [9.17, 15) is 19.8 Å². The van der Waals surface area contributed by atoms with Crippen LogP contribution in [-0.4, -0.2) is 59.8 Å². The number of ether oxygens (including phenoxy) is 3. The van der Waals surface area contributed by atoms with Gasteiger partial charge in [-0.05, 0) is 0 Å². The zero-order valence-corrected chi connectivity index (χ0v) is 12.2. The van der Waals surface area contributed by atoms with Crippen LogP contribution in [0.25, 0.3) is 0 Å². The largest absolute Gasteiger partial charge is 0.457 e. The maximum absolute atomic E-state index is 11.0. The number of aliphatic hydroxyl groups is 2. The minimum Gasteiger partial charge on any atom is -0.457 e. The van der Waals surface area contributed by atoms with Gasteiger partial charge in [0.25, 0.3) is 0 Å². The van der Waals surface area contributed by atoms with Gasteiger partial charge in [0, 0.05) is 19.3 Å². The van der Waals surface area contributed by atoms with E-state index in [1.165, 1.54) is 13.8 Å². The second-order valence-corrected chi connectivity index (χ2v) is 5.54. The Morgan fingerprint density at radius 3 is 1.65 bits per heavy atom. The van der Waals surface area contributed by atoms with Crippen molar-refractivity contribution in [3.63, 3.8) is 0 Å². The fourth-order valence-corrected chi connectivity index (χ4v) is 2.24.